The molecule has 0 bridgehead atoms. The van der Waals surface area contributed by atoms with Crippen LogP contribution in [-0.4, -0.2) is 51.3 Å². The van der Waals surface area contributed by atoms with E-state index >= 15 is 0 Å². The second kappa shape index (κ2) is 7.00. The first-order valence-electron chi connectivity index (χ1n) is 8.09. The maximum absolute atomic E-state index is 12.2. The number of hydrogen-bond acceptors (Lipinski definition) is 5. The number of esters is 1. The maximum Gasteiger partial charge on any atom is 0.311 e. The molecule has 2 fully saturated rings. The molecule has 0 aliphatic carbocycles. The normalized spacial score (nSPS) is 21.6. The van der Waals surface area contributed by atoms with Crippen molar-refractivity contribution in [3.63, 3.8) is 0 Å². The molecule has 2 heterocycles. The second-order valence-corrected chi connectivity index (χ2v) is 5.77. The van der Waals surface area contributed by atoms with Crippen molar-refractivity contribution in [3.8, 4) is 0 Å². The number of nitrogens with zero attached hydrogens (tertiary/aromatic N) is 2. The van der Waals surface area contributed by atoms with Gasteiger partial charge in [-0.25, -0.2) is 0 Å². The van der Waals surface area contributed by atoms with E-state index in [1.807, 2.05) is 24.3 Å². The summed E-state index contributed by atoms with van der Waals surface area (Å²) in [6.45, 7) is 5.77. The van der Waals surface area contributed by atoms with Gasteiger partial charge in [0.1, 0.15) is 0 Å². The summed E-state index contributed by atoms with van der Waals surface area (Å²) in [6.07, 6.45) is 0.226. The summed E-state index contributed by atoms with van der Waals surface area (Å²) in [5.41, 5.74) is 1.96. The highest BCUT2D eigenvalue weighted by Gasteiger charge is 2.36. The molecule has 0 N–H and O–H groups in total. The first-order valence-corrected chi connectivity index (χ1v) is 8.09. The highest BCUT2D eigenvalue weighted by Crippen LogP contribution is 2.28. The Bertz CT molecular complexity index is 566. The molecule has 0 radical (unpaired) electrons. The Hall–Kier alpha value is -2.08. The standard InChI is InChI=1S/C17H22N2O4/c1-2-23-17(21)13-11-16(20)19(12-13)15-5-3-14(4-6-15)18-7-9-22-10-8-18/h3-6,13H,2,7-12H2,1H3/t13-/m0/s1. The van der Waals surface area contributed by atoms with Gasteiger partial charge in [0.15, 0.2) is 0 Å². The molecule has 2 aliphatic heterocycles. The summed E-state index contributed by atoms with van der Waals surface area (Å²) < 4.78 is 10.4. The third-order valence-corrected chi connectivity index (χ3v) is 4.28. The van der Waals surface area contributed by atoms with Gasteiger partial charge in [0.25, 0.3) is 0 Å². The highest BCUT2D eigenvalue weighted by atomic mass is 16.5. The zero-order valence-corrected chi connectivity index (χ0v) is 13.4. The van der Waals surface area contributed by atoms with Crippen molar-refractivity contribution in [2.24, 2.45) is 5.92 Å². The lowest BCUT2D eigenvalue weighted by atomic mass is 10.1. The van der Waals surface area contributed by atoms with Crippen molar-refractivity contribution in [1.29, 1.82) is 0 Å². The Morgan fingerprint density at radius 1 is 1.22 bits per heavy atom. The predicted molar refractivity (Wildman–Crippen MR) is 86.6 cm³/mol. The number of amides is 1. The maximum atomic E-state index is 12.2. The van der Waals surface area contributed by atoms with Gasteiger partial charge in [0, 0.05) is 37.4 Å². The number of morpholine rings is 1. The third-order valence-electron chi connectivity index (χ3n) is 4.28. The van der Waals surface area contributed by atoms with Crippen LogP contribution in [0, 0.1) is 5.92 Å². The predicted octanol–water partition coefficient (Wildman–Crippen LogP) is 1.44. The summed E-state index contributed by atoms with van der Waals surface area (Å²) in [6, 6.07) is 7.92. The Morgan fingerprint density at radius 2 is 1.87 bits per heavy atom. The average Bonchev–Trinajstić information content (AvgIpc) is 2.98. The van der Waals surface area contributed by atoms with E-state index in [9.17, 15) is 9.59 Å². The van der Waals surface area contributed by atoms with Gasteiger partial charge in [-0.05, 0) is 31.2 Å². The van der Waals surface area contributed by atoms with Crippen LogP contribution in [0.25, 0.3) is 0 Å². The molecule has 124 valence electrons. The number of carbonyl (C=O) groups is 2. The van der Waals surface area contributed by atoms with Gasteiger partial charge in [-0.15, -0.1) is 0 Å². The first-order chi connectivity index (χ1) is 11.2. The number of ether oxygens (including phenoxy) is 2. The van der Waals surface area contributed by atoms with Crippen LogP contribution in [-0.2, 0) is 19.1 Å². The lowest BCUT2D eigenvalue weighted by Gasteiger charge is -2.29. The molecule has 2 aliphatic rings. The van der Waals surface area contributed by atoms with Gasteiger partial charge >= 0.3 is 5.97 Å². The highest BCUT2D eigenvalue weighted by molar-refractivity contribution is 5.99. The van der Waals surface area contributed by atoms with Crippen molar-refractivity contribution >= 4 is 23.3 Å². The van der Waals surface area contributed by atoms with Crippen molar-refractivity contribution in [2.45, 2.75) is 13.3 Å². The van der Waals surface area contributed by atoms with Gasteiger partial charge in [-0.1, -0.05) is 0 Å². The Kier molecular flexibility index (Phi) is 4.81. The van der Waals surface area contributed by atoms with Gasteiger partial charge < -0.3 is 19.3 Å². The van der Waals surface area contributed by atoms with E-state index in [2.05, 4.69) is 4.90 Å². The van der Waals surface area contributed by atoms with Crippen LogP contribution in [0.2, 0.25) is 0 Å². The van der Waals surface area contributed by atoms with Crippen molar-refractivity contribution in [3.05, 3.63) is 24.3 Å². The number of carbonyl (C=O) groups excluding carboxylic acids is 2. The Balaban J connectivity index is 1.67. The van der Waals surface area contributed by atoms with Gasteiger partial charge in [0.05, 0.1) is 25.7 Å². The van der Waals surface area contributed by atoms with E-state index in [1.54, 1.807) is 11.8 Å². The van der Waals surface area contributed by atoms with E-state index in [0.717, 1.165) is 37.7 Å². The Labute approximate surface area is 136 Å². The van der Waals surface area contributed by atoms with Crippen LogP contribution >= 0.6 is 0 Å². The third kappa shape index (κ3) is 3.47. The van der Waals surface area contributed by atoms with E-state index in [4.69, 9.17) is 9.47 Å². The molecule has 1 aromatic rings. The van der Waals surface area contributed by atoms with Crippen molar-refractivity contribution < 1.29 is 19.1 Å². The number of rotatable bonds is 4. The molecule has 0 saturated carbocycles. The summed E-state index contributed by atoms with van der Waals surface area (Å²) in [5.74, 6) is -0.670. The zero-order valence-electron chi connectivity index (χ0n) is 13.4. The first kappa shape index (κ1) is 15.8. The minimum absolute atomic E-state index is 0.0258. The molecule has 3 rings (SSSR count). The van der Waals surface area contributed by atoms with Crippen LogP contribution in [0.15, 0.2) is 24.3 Å². The zero-order chi connectivity index (χ0) is 16.2. The van der Waals surface area contributed by atoms with Crippen LogP contribution < -0.4 is 9.80 Å². The molecule has 0 aromatic heterocycles. The molecular formula is C17H22N2O4. The molecule has 0 unspecified atom stereocenters. The molecule has 6 heteroatoms. The Morgan fingerprint density at radius 3 is 2.52 bits per heavy atom. The quantitative estimate of drug-likeness (QED) is 0.786. The van der Waals surface area contributed by atoms with Gasteiger partial charge in [-0.2, -0.15) is 0 Å². The molecule has 6 nitrogen and oxygen atoms in total. The van der Waals surface area contributed by atoms with Crippen LogP contribution in [0.5, 0.6) is 0 Å². The molecule has 23 heavy (non-hydrogen) atoms. The minimum Gasteiger partial charge on any atom is -0.466 e. The van der Waals surface area contributed by atoms with E-state index in [-0.39, 0.29) is 24.2 Å². The molecule has 1 aromatic carbocycles. The topological polar surface area (TPSA) is 59.1 Å². The van der Waals surface area contributed by atoms with Crippen LogP contribution in [0.4, 0.5) is 11.4 Å². The van der Waals surface area contributed by atoms with Crippen molar-refractivity contribution in [2.75, 3.05) is 49.3 Å². The SMILES string of the molecule is CCOC(=O)[C@H]1CC(=O)N(c2ccc(N3CCOCC3)cc2)C1. The number of hydrogen-bond donors (Lipinski definition) is 0. The smallest absolute Gasteiger partial charge is 0.311 e. The minimum atomic E-state index is -0.360. The van der Waals surface area contributed by atoms with E-state index < -0.39 is 0 Å². The average molecular weight is 318 g/mol. The molecule has 0 spiro atoms. The van der Waals surface area contributed by atoms with E-state index in [1.165, 1.54) is 0 Å². The summed E-state index contributed by atoms with van der Waals surface area (Å²) in [5, 5.41) is 0. The fraction of sp³-hybridized carbons (Fsp3) is 0.529. The van der Waals surface area contributed by atoms with Gasteiger partial charge in [-0.3, -0.25) is 9.59 Å². The van der Waals surface area contributed by atoms with Gasteiger partial charge in [0.2, 0.25) is 5.91 Å². The summed E-state index contributed by atoms with van der Waals surface area (Å²) >= 11 is 0. The summed E-state index contributed by atoms with van der Waals surface area (Å²) in [4.78, 5) is 27.9. The molecule has 2 saturated heterocycles. The number of anilines is 2. The summed E-state index contributed by atoms with van der Waals surface area (Å²) in [7, 11) is 0. The molecule has 1 atom stereocenters. The van der Waals surface area contributed by atoms with Crippen LogP contribution in [0.1, 0.15) is 13.3 Å². The fourth-order valence-corrected chi connectivity index (χ4v) is 3.04. The molecular weight excluding hydrogens is 296 g/mol. The van der Waals surface area contributed by atoms with Crippen LogP contribution in [0.3, 0.4) is 0 Å². The second-order valence-electron chi connectivity index (χ2n) is 5.77. The fourth-order valence-electron chi connectivity index (χ4n) is 3.04. The number of benzene rings is 1. The van der Waals surface area contributed by atoms with E-state index in [0.29, 0.717) is 13.2 Å². The monoisotopic (exact) mass is 318 g/mol. The lowest BCUT2D eigenvalue weighted by Crippen LogP contribution is -2.36. The molecule has 1 amide bonds. The largest absolute Gasteiger partial charge is 0.466 e. The van der Waals surface area contributed by atoms with Crippen molar-refractivity contribution in [1.82, 2.24) is 0 Å². The lowest BCUT2D eigenvalue weighted by molar-refractivity contribution is -0.147.